The van der Waals surface area contributed by atoms with Crippen LogP contribution in [0, 0.1) is 12.8 Å². The van der Waals surface area contributed by atoms with Gasteiger partial charge in [-0.1, -0.05) is 13.8 Å². The van der Waals surface area contributed by atoms with Crippen molar-refractivity contribution in [2.75, 3.05) is 13.2 Å². The summed E-state index contributed by atoms with van der Waals surface area (Å²) in [6, 6.07) is 0. The van der Waals surface area contributed by atoms with Crippen LogP contribution in [0.25, 0.3) is 0 Å². The van der Waals surface area contributed by atoms with E-state index in [2.05, 4.69) is 29.1 Å². The standard InChI is InChI=1S/C14H23N3O2/c1-6-19-13(18)14(5,17-9-10(2)3)12-11(4)15-7-8-16-12/h7-8,10,17H,6,9H2,1-5H3. The number of aryl methyl sites for hydroxylation is 1. The second kappa shape index (κ2) is 6.61. The smallest absolute Gasteiger partial charge is 0.332 e. The van der Waals surface area contributed by atoms with Crippen molar-refractivity contribution >= 4 is 5.97 Å². The molecule has 1 aromatic heterocycles. The van der Waals surface area contributed by atoms with Crippen LogP contribution in [0.2, 0.25) is 0 Å². The number of ether oxygens (including phenoxy) is 1. The Labute approximate surface area is 114 Å². The van der Waals surface area contributed by atoms with Gasteiger partial charge in [-0.15, -0.1) is 0 Å². The van der Waals surface area contributed by atoms with E-state index in [0.29, 0.717) is 24.8 Å². The van der Waals surface area contributed by atoms with E-state index in [-0.39, 0.29) is 5.97 Å². The Kier molecular flexibility index (Phi) is 5.42. The first-order valence-corrected chi connectivity index (χ1v) is 6.62. The van der Waals surface area contributed by atoms with Crippen molar-refractivity contribution < 1.29 is 9.53 Å². The summed E-state index contributed by atoms with van der Waals surface area (Å²) in [4.78, 5) is 20.8. The quantitative estimate of drug-likeness (QED) is 0.795. The molecular weight excluding hydrogens is 242 g/mol. The Morgan fingerprint density at radius 2 is 2.05 bits per heavy atom. The van der Waals surface area contributed by atoms with E-state index >= 15 is 0 Å². The highest BCUT2D eigenvalue weighted by Gasteiger charge is 2.39. The lowest BCUT2D eigenvalue weighted by molar-refractivity contribution is -0.151. The predicted molar refractivity (Wildman–Crippen MR) is 73.6 cm³/mol. The van der Waals surface area contributed by atoms with Crippen molar-refractivity contribution in [3.63, 3.8) is 0 Å². The Balaban J connectivity index is 3.11. The summed E-state index contributed by atoms with van der Waals surface area (Å²) in [6.45, 7) is 10.7. The average molecular weight is 265 g/mol. The van der Waals surface area contributed by atoms with Crippen LogP contribution in [0.4, 0.5) is 0 Å². The molecule has 0 amide bonds. The maximum Gasteiger partial charge on any atom is 0.332 e. The summed E-state index contributed by atoms with van der Waals surface area (Å²) in [6.07, 6.45) is 3.21. The van der Waals surface area contributed by atoms with Gasteiger partial charge in [-0.3, -0.25) is 15.3 Å². The highest BCUT2D eigenvalue weighted by molar-refractivity contribution is 5.81. The molecule has 1 rings (SSSR count). The molecule has 0 spiro atoms. The summed E-state index contributed by atoms with van der Waals surface area (Å²) in [5.74, 6) is 0.102. The van der Waals surface area contributed by atoms with Crippen LogP contribution in [0.3, 0.4) is 0 Å². The van der Waals surface area contributed by atoms with Crippen LogP contribution in [-0.4, -0.2) is 29.1 Å². The molecule has 5 nitrogen and oxygen atoms in total. The van der Waals surface area contributed by atoms with Crippen molar-refractivity contribution in [1.82, 2.24) is 15.3 Å². The van der Waals surface area contributed by atoms with E-state index in [9.17, 15) is 4.79 Å². The zero-order valence-corrected chi connectivity index (χ0v) is 12.4. The van der Waals surface area contributed by atoms with Crippen LogP contribution < -0.4 is 5.32 Å². The molecule has 0 fully saturated rings. The molecule has 5 heteroatoms. The number of carbonyl (C=O) groups is 1. The molecule has 0 radical (unpaired) electrons. The first kappa shape index (κ1) is 15.6. The van der Waals surface area contributed by atoms with Crippen molar-refractivity contribution in [2.24, 2.45) is 5.92 Å². The van der Waals surface area contributed by atoms with Gasteiger partial charge in [0.05, 0.1) is 18.0 Å². The van der Waals surface area contributed by atoms with Crippen LogP contribution in [-0.2, 0) is 15.1 Å². The van der Waals surface area contributed by atoms with Crippen molar-refractivity contribution in [1.29, 1.82) is 0 Å². The van der Waals surface area contributed by atoms with E-state index in [1.807, 2.05) is 6.92 Å². The first-order valence-electron chi connectivity index (χ1n) is 6.62. The first-order chi connectivity index (χ1) is 8.91. The lowest BCUT2D eigenvalue weighted by Crippen LogP contribution is -2.50. The van der Waals surface area contributed by atoms with Crippen molar-refractivity contribution in [2.45, 2.75) is 40.2 Å². The van der Waals surface area contributed by atoms with E-state index in [0.717, 1.165) is 5.69 Å². The van der Waals surface area contributed by atoms with E-state index in [4.69, 9.17) is 4.74 Å². The van der Waals surface area contributed by atoms with Gasteiger partial charge in [0.1, 0.15) is 0 Å². The predicted octanol–water partition coefficient (Wildman–Crippen LogP) is 1.81. The number of carbonyl (C=O) groups excluding carboxylic acids is 1. The van der Waals surface area contributed by atoms with Crippen LogP contribution in [0.15, 0.2) is 12.4 Å². The number of hydrogen-bond acceptors (Lipinski definition) is 5. The lowest BCUT2D eigenvalue weighted by atomic mass is 9.95. The third kappa shape index (κ3) is 3.73. The Bertz CT molecular complexity index is 434. The SMILES string of the molecule is CCOC(=O)C(C)(NCC(C)C)c1nccnc1C. The fourth-order valence-corrected chi connectivity index (χ4v) is 1.83. The summed E-state index contributed by atoms with van der Waals surface area (Å²) in [5, 5.41) is 3.26. The van der Waals surface area contributed by atoms with Gasteiger partial charge in [-0.25, -0.2) is 4.79 Å². The van der Waals surface area contributed by atoms with Gasteiger partial charge in [0.2, 0.25) is 0 Å². The molecule has 1 N–H and O–H groups in total. The third-order valence-electron chi connectivity index (χ3n) is 2.90. The largest absolute Gasteiger partial charge is 0.464 e. The van der Waals surface area contributed by atoms with Crippen molar-refractivity contribution in [3.8, 4) is 0 Å². The normalized spacial score (nSPS) is 14.2. The molecule has 1 heterocycles. The zero-order valence-electron chi connectivity index (χ0n) is 12.4. The number of esters is 1. The maximum atomic E-state index is 12.3. The van der Waals surface area contributed by atoms with Gasteiger partial charge < -0.3 is 4.74 Å². The molecule has 1 aromatic rings. The Hall–Kier alpha value is -1.49. The zero-order chi connectivity index (χ0) is 14.5. The highest BCUT2D eigenvalue weighted by atomic mass is 16.5. The number of hydrogen-bond donors (Lipinski definition) is 1. The molecule has 106 valence electrons. The molecular formula is C14H23N3O2. The average Bonchev–Trinajstić information content (AvgIpc) is 2.36. The van der Waals surface area contributed by atoms with Crippen molar-refractivity contribution in [3.05, 3.63) is 23.8 Å². The summed E-state index contributed by atoms with van der Waals surface area (Å²) >= 11 is 0. The fraction of sp³-hybridized carbons (Fsp3) is 0.643. The molecule has 19 heavy (non-hydrogen) atoms. The van der Waals surface area contributed by atoms with Gasteiger partial charge >= 0.3 is 5.97 Å². The lowest BCUT2D eigenvalue weighted by Gasteiger charge is -2.29. The molecule has 0 aromatic carbocycles. The van der Waals surface area contributed by atoms with E-state index in [1.54, 1.807) is 26.2 Å². The minimum absolute atomic E-state index is 0.320. The molecule has 1 atom stereocenters. The van der Waals surface area contributed by atoms with Gasteiger partial charge in [0, 0.05) is 12.4 Å². The second-order valence-electron chi connectivity index (χ2n) is 5.11. The molecule has 0 aliphatic carbocycles. The highest BCUT2D eigenvalue weighted by Crippen LogP contribution is 2.23. The van der Waals surface area contributed by atoms with Crippen LogP contribution in [0.1, 0.15) is 39.1 Å². The van der Waals surface area contributed by atoms with E-state index < -0.39 is 5.54 Å². The minimum atomic E-state index is -0.960. The van der Waals surface area contributed by atoms with Crippen LogP contribution >= 0.6 is 0 Å². The monoisotopic (exact) mass is 265 g/mol. The second-order valence-corrected chi connectivity index (χ2v) is 5.11. The number of nitrogens with zero attached hydrogens (tertiary/aromatic N) is 2. The molecule has 0 saturated carbocycles. The number of aromatic nitrogens is 2. The molecule has 0 saturated heterocycles. The number of rotatable bonds is 6. The molecule has 0 aliphatic heterocycles. The summed E-state index contributed by atoms with van der Waals surface area (Å²) < 4.78 is 5.18. The van der Waals surface area contributed by atoms with E-state index in [1.165, 1.54) is 0 Å². The topological polar surface area (TPSA) is 64.1 Å². The van der Waals surface area contributed by atoms with Gasteiger partial charge in [-0.05, 0) is 33.2 Å². The molecule has 0 aliphatic rings. The third-order valence-corrected chi connectivity index (χ3v) is 2.90. The minimum Gasteiger partial charge on any atom is -0.464 e. The van der Waals surface area contributed by atoms with Gasteiger partial charge in [0.15, 0.2) is 5.54 Å². The van der Waals surface area contributed by atoms with Gasteiger partial charge in [0.25, 0.3) is 0 Å². The number of nitrogens with one attached hydrogen (secondary N) is 1. The molecule has 0 bridgehead atoms. The van der Waals surface area contributed by atoms with Crippen LogP contribution in [0.5, 0.6) is 0 Å². The molecule has 1 unspecified atom stereocenters. The maximum absolute atomic E-state index is 12.3. The Morgan fingerprint density at radius 3 is 2.58 bits per heavy atom. The summed E-state index contributed by atoms with van der Waals surface area (Å²) in [5.41, 5.74) is 0.391. The van der Waals surface area contributed by atoms with Gasteiger partial charge in [-0.2, -0.15) is 0 Å². The Morgan fingerprint density at radius 1 is 1.42 bits per heavy atom. The fourth-order valence-electron chi connectivity index (χ4n) is 1.83. The summed E-state index contributed by atoms with van der Waals surface area (Å²) in [7, 11) is 0.